The van der Waals surface area contributed by atoms with Crippen molar-refractivity contribution in [1.82, 2.24) is 0 Å². The Morgan fingerprint density at radius 2 is 1.78 bits per heavy atom. The molecule has 8 heteroatoms. The molecule has 2 rings (SSSR count). The lowest BCUT2D eigenvalue weighted by Crippen LogP contribution is -2.14. The second-order valence-electron chi connectivity index (χ2n) is 5.28. The molecule has 0 spiro atoms. The molecule has 0 radical (unpaired) electrons. The highest BCUT2D eigenvalue weighted by atomic mass is 19.4. The van der Waals surface area contributed by atoms with E-state index in [4.69, 9.17) is 9.47 Å². The molecule has 140 valence electrons. The van der Waals surface area contributed by atoms with Crippen LogP contribution in [0.3, 0.4) is 0 Å². The fourth-order valence-corrected chi connectivity index (χ4v) is 2.30. The number of carbonyl (C=O) groups excluding carboxylic acids is 1. The van der Waals surface area contributed by atoms with Crippen molar-refractivity contribution < 1.29 is 27.4 Å². The first-order valence-corrected chi connectivity index (χ1v) is 7.61. The van der Waals surface area contributed by atoms with E-state index in [1.54, 1.807) is 12.1 Å². The van der Waals surface area contributed by atoms with Gasteiger partial charge in [-0.15, -0.1) is 0 Å². The molecule has 0 aliphatic carbocycles. The van der Waals surface area contributed by atoms with Crippen molar-refractivity contribution in [2.24, 2.45) is 0 Å². The summed E-state index contributed by atoms with van der Waals surface area (Å²) in [5.41, 5.74) is -1.38. The zero-order valence-corrected chi connectivity index (χ0v) is 14.4. The van der Waals surface area contributed by atoms with Crippen molar-refractivity contribution in [2.75, 3.05) is 19.5 Å². The van der Waals surface area contributed by atoms with Crippen LogP contribution in [-0.2, 0) is 11.0 Å². The third-order valence-corrected chi connectivity index (χ3v) is 3.57. The maximum absolute atomic E-state index is 13.1. The average molecular weight is 376 g/mol. The highest BCUT2D eigenvalue weighted by Crippen LogP contribution is 2.33. The van der Waals surface area contributed by atoms with E-state index in [1.165, 1.54) is 44.6 Å². The number of alkyl halides is 3. The second-order valence-corrected chi connectivity index (χ2v) is 5.28. The van der Waals surface area contributed by atoms with Crippen LogP contribution in [0.5, 0.6) is 11.5 Å². The summed E-state index contributed by atoms with van der Waals surface area (Å²) in [4.78, 5) is 12.3. The van der Waals surface area contributed by atoms with Crippen LogP contribution < -0.4 is 14.8 Å². The quantitative estimate of drug-likeness (QED) is 0.625. The van der Waals surface area contributed by atoms with Crippen LogP contribution in [-0.4, -0.2) is 20.1 Å². The molecule has 1 amide bonds. The van der Waals surface area contributed by atoms with E-state index >= 15 is 0 Å². The van der Waals surface area contributed by atoms with Crippen LogP contribution in [0.15, 0.2) is 48.0 Å². The van der Waals surface area contributed by atoms with Crippen molar-refractivity contribution >= 4 is 17.7 Å². The zero-order chi connectivity index (χ0) is 20.0. The average Bonchev–Trinajstić information content (AvgIpc) is 2.65. The maximum Gasteiger partial charge on any atom is 0.416 e. The first-order chi connectivity index (χ1) is 12.8. The summed E-state index contributed by atoms with van der Waals surface area (Å²) >= 11 is 0. The monoisotopic (exact) mass is 376 g/mol. The largest absolute Gasteiger partial charge is 0.493 e. The number of nitriles is 1. The smallest absolute Gasteiger partial charge is 0.416 e. The minimum Gasteiger partial charge on any atom is -0.493 e. The molecule has 0 fully saturated rings. The highest BCUT2D eigenvalue weighted by Gasteiger charge is 2.32. The van der Waals surface area contributed by atoms with Gasteiger partial charge in [-0.3, -0.25) is 4.79 Å². The summed E-state index contributed by atoms with van der Waals surface area (Å²) in [6, 6.07) is 10.8. The standard InChI is InChI=1S/C19H15F3N2O3/c1-26-16-8-7-14(10-17(16)27-2)24-18(25)13(11-23)9-12-5-3-4-6-15(12)19(20,21)22/h3-10H,1-2H3,(H,24,25)/b13-9+. The normalized spacial score (nSPS) is 11.5. The summed E-state index contributed by atoms with van der Waals surface area (Å²) in [5, 5.41) is 11.7. The molecule has 0 unspecified atom stereocenters. The van der Waals surface area contributed by atoms with E-state index < -0.39 is 23.2 Å². The lowest BCUT2D eigenvalue weighted by Gasteiger charge is -2.11. The van der Waals surface area contributed by atoms with Crippen LogP contribution in [0.2, 0.25) is 0 Å². The molecule has 1 N–H and O–H groups in total. The van der Waals surface area contributed by atoms with Crippen molar-refractivity contribution in [1.29, 1.82) is 5.26 Å². The number of hydrogen-bond acceptors (Lipinski definition) is 4. The number of methoxy groups -OCH3 is 2. The van der Waals surface area contributed by atoms with Gasteiger partial charge in [0.1, 0.15) is 11.6 Å². The maximum atomic E-state index is 13.1. The van der Waals surface area contributed by atoms with Crippen LogP contribution in [0, 0.1) is 11.3 Å². The molecule has 2 aromatic rings. The van der Waals surface area contributed by atoms with Gasteiger partial charge in [0.2, 0.25) is 0 Å². The highest BCUT2D eigenvalue weighted by molar-refractivity contribution is 6.09. The van der Waals surface area contributed by atoms with Gasteiger partial charge in [0.05, 0.1) is 19.8 Å². The van der Waals surface area contributed by atoms with E-state index in [0.29, 0.717) is 17.2 Å². The summed E-state index contributed by atoms with van der Waals surface area (Å²) in [7, 11) is 2.86. The van der Waals surface area contributed by atoms with E-state index in [2.05, 4.69) is 5.32 Å². The number of nitrogens with zero attached hydrogens (tertiary/aromatic N) is 1. The molecule has 5 nitrogen and oxygen atoms in total. The molecule has 27 heavy (non-hydrogen) atoms. The van der Waals surface area contributed by atoms with Gasteiger partial charge >= 0.3 is 6.18 Å². The summed E-state index contributed by atoms with van der Waals surface area (Å²) < 4.78 is 49.4. The third kappa shape index (κ3) is 4.79. The SMILES string of the molecule is COc1ccc(NC(=O)/C(C#N)=C/c2ccccc2C(F)(F)F)cc1OC. The van der Waals surface area contributed by atoms with Gasteiger partial charge in [-0.2, -0.15) is 18.4 Å². The minimum absolute atomic E-state index is 0.274. The molecule has 2 aromatic carbocycles. The van der Waals surface area contributed by atoms with Gasteiger partial charge in [0.15, 0.2) is 11.5 Å². The Bertz CT molecular complexity index is 915. The van der Waals surface area contributed by atoms with Crippen LogP contribution >= 0.6 is 0 Å². The number of benzene rings is 2. The number of amides is 1. The van der Waals surface area contributed by atoms with Crippen molar-refractivity contribution in [2.45, 2.75) is 6.18 Å². The fourth-order valence-electron chi connectivity index (χ4n) is 2.30. The predicted octanol–water partition coefficient (Wildman–Crippen LogP) is 4.27. The molecule has 0 saturated carbocycles. The number of carbonyl (C=O) groups is 1. The van der Waals surface area contributed by atoms with Gasteiger partial charge in [0, 0.05) is 11.8 Å². The Kier molecular flexibility index (Phi) is 6.08. The summed E-state index contributed by atoms with van der Waals surface area (Å²) in [5.74, 6) is -0.0624. The minimum atomic E-state index is -4.60. The van der Waals surface area contributed by atoms with Crippen LogP contribution in [0.1, 0.15) is 11.1 Å². The number of ether oxygens (including phenoxy) is 2. The van der Waals surface area contributed by atoms with Crippen LogP contribution in [0.4, 0.5) is 18.9 Å². The summed E-state index contributed by atoms with van der Waals surface area (Å²) in [6.45, 7) is 0. The van der Waals surface area contributed by atoms with E-state index in [1.807, 2.05) is 0 Å². The lowest BCUT2D eigenvalue weighted by atomic mass is 10.0. The number of halogens is 3. The Morgan fingerprint density at radius 1 is 1.11 bits per heavy atom. The second kappa shape index (κ2) is 8.27. The Hall–Kier alpha value is -3.47. The van der Waals surface area contributed by atoms with E-state index in [-0.39, 0.29) is 5.56 Å². The van der Waals surface area contributed by atoms with Crippen molar-refractivity contribution in [3.8, 4) is 17.6 Å². The third-order valence-electron chi connectivity index (χ3n) is 3.57. The molecule has 0 heterocycles. The Morgan fingerprint density at radius 3 is 2.37 bits per heavy atom. The van der Waals surface area contributed by atoms with Gasteiger partial charge in [0.25, 0.3) is 5.91 Å². The molecule has 0 atom stereocenters. The topological polar surface area (TPSA) is 71.3 Å². The van der Waals surface area contributed by atoms with E-state index in [0.717, 1.165) is 12.1 Å². The Balaban J connectivity index is 2.33. The molecule has 0 aromatic heterocycles. The number of rotatable bonds is 5. The molecule has 0 bridgehead atoms. The molecular weight excluding hydrogens is 361 g/mol. The van der Waals surface area contributed by atoms with Crippen LogP contribution in [0.25, 0.3) is 6.08 Å². The van der Waals surface area contributed by atoms with Crippen molar-refractivity contribution in [3.05, 3.63) is 59.2 Å². The predicted molar refractivity (Wildman–Crippen MR) is 93.2 cm³/mol. The van der Waals surface area contributed by atoms with Gasteiger partial charge in [-0.1, -0.05) is 18.2 Å². The number of nitrogens with one attached hydrogen (secondary N) is 1. The first kappa shape index (κ1) is 19.8. The molecule has 0 aliphatic heterocycles. The fraction of sp³-hybridized carbons (Fsp3) is 0.158. The van der Waals surface area contributed by atoms with Gasteiger partial charge in [-0.05, 0) is 29.8 Å². The molecular formula is C19H15F3N2O3. The first-order valence-electron chi connectivity index (χ1n) is 7.61. The molecule has 0 saturated heterocycles. The van der Waals surface area contributed by atoms with Crippen molar-refractivity contribution in [3.63, 3.8) is 0 Å². The van der Waals surface area contributed by atoms with Gasteiger partial charge < -0.3 is 14.8 Å². The number of hydrogen-bond donors (Lipinski definition) is 1. The zero-order valence-electron chi connectivity index (χ0n) is 14.4. The van der Waals surface area contributed by atoms with E-state index in [9.17, 15) is 23.2 Å². The summed E-state index contributed by atoms with van der Waals surface area (Å²) in [6.07, 6.45) is -3.70. The van der Waals surface area contributed by atoms with Gasteiger partial charge in [-0.25, -0.2) is 0 Å². The molecule has 0 aliphatic rings. The number of anilines is 1. The Labute approximate surface area is 153 Å². The lowest BCUT2D eigenvalue weighted by molar-refractivity contribution is -0.137.